The molecule has 0 saturated carbocycles. The van der Waals surface area contributed by atoms with Gasteiger partial charge in [0.1, 0.15) is 6.10 Å². The van der Waals surface area contributed by atoms with Gasteiger partial charge in [-0.3, -0.25) is 0 Å². The second-order valence-electron chi connectivity index (χ2n) is 3.57. The van der Waals surface area contributed by atoms with Gasteiger partial charge in [0, 0.05) is 11.8 Å². The van der Waals surface area contributed by atoms with Gasteiger partial charge in [0.05, 0.1) is 18.0 Å². The molecule has 1 aromatic heterocycles. The van der Waals surface area contributed by atoms with E-state index < -0.39 is 12.2 Å². The van der Waals surface area contributed by atoms with Crippen LogP contribution >= 0.6 is 0 Å². The summed E-state index contributed by atoms with van der Waals surface area (Å²) >= 11 is 0. The molecule has 2 atom stereocenters. The summed E-state index contributed by atoms with van der Waals surface area (Å²) in [6.45, 7) is 0. The van der Waals surface area contributed by atoms with Gasteiger partial charge in [0.2, 0.25) is 0 Å². The van der Waals surface area contributed by atoms with Crippen molar-refractivity contribution in [3.8, 4) is 11.8 Å². The Hall–Kier alpha value is -2.16. The SMILES string of the molecule is N#CC(O)C(O)c1cnn(-c2ccccc2)c1. The molecule has 0 fully saturated rings. The minimum atomic E-state index is -1.44. The van der Waals surface area contributed by atoms with Gasteiger partial charge in [-0.15, -0.1) is 0 Å². The fraction of sp³-hybridized carbons (Fsp3) is 0.167. The van der Waals surface area contributed by atoms with Crippen LogP contribution in [-0.2, 0) is 0 Å². The summed E-state index contributed by atoms with van der Waals surface area (Å²) in [5.74, 6) is 0. The van der Waals surface area contributed by atoms with Crippen LogP contribution in [0.1, 0.15) is 11.7 Å². The lowest BCUT2D eigenvalue weighted by Gasteiger charge is -2.08. The molecule has 0 radical (unpaired) electrons. The molecule has 0 saturated heterocycles. The Morgan fingerprint density at radius 1 is 1.24 bits per heavy atom. The second kappa shape index (κ2) is 4.78. The molecule has 2 aromatic rings. The van der Waals surface area contributed by atoms with Crippen LogP contribution < -0.4 is 0 Å². The van der Waals surface area contributed by atoms with Crippen LogP contribution in [0.15, 0.2) is 42.7 Å². The molecular weight excluding hydrogens is 218 g/mol. The molecule has 0 bridgehead atoms. The van der Waals surface area contributed by atoms with Gasteiger partial charge in [-0.1, -0.05) is 18.2 Å². The van der Waals surface area contributed by atoms with Crippen molar-refractivity contribution < 1.29 is 10.2 Å². The third-order valence-corrected chi connectivity index (χ3v) is 2.40. The predicted octanol–water partition coefficient (Wildman–Crippen LogP) is 0.790. The van der Waals surface area contributed by atoms with E-state index in [1.807, 2.05) is 30.3 Å². The number of nitrogens with zero attached hydrogens (tertiary/aromatic N) is 3. The molecule has 0 aliphatic carbocycles. The number of hydrogen-bond acceptors (Lipinski definition) is 4. The van der Waals surface area contributed by atoms with Crippen molar-refractivity contribution in [2.45, 2.75) is 12.2 Å². The lowest BCUT2D eigenvalue weighted by molar-refractivity contribution is 0.0528. The molecule has 17 heavy (non-hydrogen) atoms. The average molecular weight is 229 g/mol. The lowest BCUT2D eigenvalue weighted by atomic mass is 10.1. The Labute approximate surface area is 98.2 Å². The summed E-state index contributed by atoms with van der Waals surface area (Å²) in [4.78, 5) is 0. The smallest absolute Gasteiger partial charge is 0.170 e. The Kier molecular flexibility index (Phi) is 3.19. The molecule has 2 rings (SSSR count). The number of aliphatic hydroxyl groups excluding tert-OH is 2. The number of aromatic nitrogens is 2. The predicted molar refractivity (Wildman–Crippen MR) is 60.1 cm³/mol. The maximum atomic E-state index is 9.62. The molecule has 2 unspecified atom stereocenters. The van der Waals surface area contributed by atoms with Gasteiger partial charge >= 0.3 is 0 Å². The highest BCUT2D eigenvalue weighted by Gasteiger charge is 2.19. The second-order valence-corrected chi connectivity index (χ2v) is 3.57. The fourth-order valence-electron chi connectivity index (χ4n) is 1.46. The average Bonchev–Trinajstić information content (AvgIpc) is 2.87. The molecule has 1 heterocycles. The van der Waals surface area contributed by atoms with E-state index >= 15 is 0 Å². The van der Waals surface area contributed by atoms with Crippen LogP contribution in [0.2, 0.25) is 0 Å². The van der Waals surface area contributed by atoms with Gasteiger partial charge in [0.25, 0.3) is 0 Å². The molecule has 86 valence electrons. The molecular formula is C12H11N3O2. The van der Waals surface area contributed by atoms with Crippen molar-refractivity contribution in [3.05, 3.63) is 48.3 Å². The summed E-state index contributed by atoms with van der Waals surface area (Å²) in [6.07, 6.45) is 0.333. The minimum absolute atomic E-state index is 0.405. The highest BCUT2D eigenvalue weighted by Crippen LogP contribution is 2.17. The fourth-order valence-corrected chi connectivity index (χ4v) is 1.46. The van der Waals surface area contributed by atoms with E-state index in [-0.39, 0.29) is 0 Å². The van der Waals surface area contributed by atoms with Crippen molar-refractivity contribution in [1.29, 1.82) is 5.26 Å². The Bertz CT molecular complexity index is 530. The number of aliphatic hydroxyl groups is 2. The van der Waals surface area contributed by atoms with E-state index in [1.54, 1.807) is 16.9 Å². The summed E-state index contributed by atoms with van der Waals surface area (Å²) < 4.78 is 1.57. The van der Waals surface area contributed by atoms with E-state index in [2.05, 4.69) is 5.10 Å². The zero-order chi connectivity index (χ0) is 12.3. The van der Waals surface area contributed by atoms with Crippen molar-refractivity contribution in [2.75, 3.05) is 0 Å². The molecule has 2 N–H and O–H groups in total. The number of nitriles is 1. The summed E-state index contributed by atoms with van der Waals surface area (Å²) in [5.41, 5.74) is 1.25. The Balaban J connectivity index is 2.26. The highest BCUT2D eigenvalue weighted by molar-refractivity contribution is 5.31. The summed E-state index contributed by atoms with van der Waals surface area (Å²) in [6, 6.07) is 10.9. The van der Waals surface area contributed by atoms with Crippen LogP contribution in [0.4, 0.5) is 0 Å². The maximum Gasteiger partial charge on any atom is 0.170 e. The molecule has 0 amide bonds. The van der Waals surface area contributed by atoms with Crippen molar-refractivity contribution in [2.24, 2.45) is 0 Å². The quantitative estimate of drug-likeness (QED) is 0.762. The van der Waals surface area contributed by atoms with Crippen LogP contribution in [0.25, 0.3) is 5.69 Å². The van der Waals surface area contributed by atoms with Gasteiger partial charge < -0.3 is 10.2 Å². The van der Waals surface area contributed by atoms with Crippen LogP contribution in [0.3, 0.4) is 0 Å². The topological polar surface area (TPSA) is 82.1 Å². The standard InChI is InChI=1S/C12H11N3O2/c13-6-11(16)12(17)9-7-14-15(8-9)10-4-2-1-3-5-10/h1-5,7-8,11-12,16-17H. The van der Waals surface area contributed by atoms with E-state index in [1.165, 1.54) is 6.20 Å². The molecule has 0 spiro atoms. The zero-order valence-electron chi connectivity index (χ0n) is 8.93. The van der Waals surface area contributed by atoms with E-state index in [4.69, 9.17) is 5.26 Å². The minimum Gasteiger partial charge on any atom is -0.384 e. The van der Waals surface area contributed by atoms with Crippen molar-refractivity contribution in [1.82, 2.24) is 9.78 Å². The van der Waals surface area contributed by atoms with Gasteiger partial charge in [-0.05, 0) is 12.1 Å². The first-order valence-corrected chi connectivity index (χ1v) is 5.08. The lowest BCUT2D eigenvalue weighted by Crippen LogP contribution is -2.15. The summed E-state index contributed by atoms with van der Waals surface area (Å²) in [5, 5.41) is 31.4. The van der Waals surface area contributed by atoms with E-state index in [9.17, 15) is 10.2 Å². The number of benzene rings is 1. The van der Waals surface area contributed by atoms with Crippen molar-refractivity contribution >= 4 is 0 Å². The number of para-hydroxylation sites is 1. The number of hydrogen-bond donors (Lipinski definition) is 2. The Morgan fingerprint density at radius 2 is 1.94 bits per heavy atom. The molecule has 5 heteroatoms. The molecule has 0 aliphatic heterocycles. The summed E-state index contributed by atoms with van der Waals surface area (Å²) in [7, 11) is 0. The van der Waals surface area contributed by atoms with Crippen LogP contribution in [0, 0.1) is 11.3 Å². The third kappa shape index (κ3) is 2.33. The van der Waals surface area contributed by atoms with Gasteiger partial charge in [0.15, 0.2) is 6.10 Å². The molecule has 1 aromatic carbocycles. The van der Waals surface area contributed by atoms with E-state index in [0.717, 1.165) is 5.69 Å². The monoisotopic (exact) mass is 229 g/mol. The molecule has 5 nitrogen and oxygen atoms in total. The van der Waals surface area contributed by atoms with Crippen LogP contribution in [-0.4, -0.2) is 26.1 Å². The van der Waals surface area contributed by atoms with Gasteiger partial charge in [-0.2, -0.15) is 10.4 Å². The van der Waals surface area contributed by atoms with Crippen LogP contribution in [0.5, 0.6) is 0 Å². The first kappa shape index (κ1) is 11.3. The third-order valence-electron chi connectivity index (χ3n) is 2.40. The highest BCUT2D eigenvalue weighted by atomic mass is 16.3. The first-order chi connectivity index (χ1) is 8.22. The largest absolute Gasteiger partial charge is 0.384 e. The van der Waals surface area contributed by atoms with E-state index in [0.29, 0.717) is 5.56 Å². The Morgan fingerprint density at radius 3 is 2.59 bits per heavy atom. The maximum absolute atomic E-state index is 9.62. The van der Waals surface area contributed by atoms with Gasteiger partial charge in [-0.25, -0.2) is 4.68 Å². The molecule has 0 aliphatic rings. The zero-order valence-corrected chi connectivity index (χ0v) is 8.93. The first-order valence-electron chi connectivity index (χ1n) is 5.08. The normalized spacial score (nSPS) is 13.9. The number of rotatable bonds is 3. The van der Waals surface area contributed by atoms with Crippen molar-refractivity contribution in [3.63, 3.8) is 0 Å².